The first-order valence-corrected chi connectivity index (χ1v) is 11.1. The van der Waals surface area contributed by atoms with Crippen LogP contribution in [0.25, 0.3) is 10.9 Å². The van der Waals surface area contributed by atoms with E-state index in [-0.39, 0.29) is 5.90 Å². The summed E-state index contributed by atoms with van der Waals surface area (Å²) in [7, 11) is 1.60. The summed E-state index contributed by atoms with van der Waals surface area (Å²) in [5.41, 5.74) is 2.53. The molecule has 5 rings (SSSR count). The van der Waals surface area contributed by atoms with Crippen molar-refractivity contribution in [3.05, 3.63) is 63.8 Å². The van der Waals surface area contributed by atoms with E-state index in [1.165, 1.54) is 0 Å². The van der Waals surface area contributed by atoms with Crippen LogP contribution in [0.5, 0.6) is 5.75 Å². The molecule has 0 unspecified atom stereocenters. The van der Waals surface area contributed by atoms with Gasteiger partial charge >= 0.3 is 0 Å². The zero-order chi connectivity index (χ0) is 23.3. The van der Waals surface area contributed by atoms with Gasteiger partial charge in [0.1, 0.15) is 30.1 Å². The van der Waals surface area contributed by atoms with Gasteiger partial charge in [-0.1, -0.05) is 29.3 Å². The Morgan fingerprint density at radius 1 is 1.09 bits per heavy atom. The summed E-state index contributed by atoms with van der Waals surface area (Å²) >= 11 is 12.3. The number of rotatable bonds is 5. The summed E-state index contributed by atoms with van der Waals surface area (Å²) < 4.78 is 19.0. The van der Waals surface area contributed by atoms with Gasteiger partial charge in [-0.25, -0.2) is 4.99 Å². The number of nitrogens with zero attached hydrogens (tertiary/aromatic N) is 2. The van der Waals surface area contributed by atoms with E-state index in [1.807, 2.05) is 41.1 Å². The molecule has 3 heterocycles. The van der Waals surface area contributed by atoms with Gasteiger partial charge in [0.2, 0.25) is 12.2 Å². The molecular formula is C23H22Cl2N2O6. The maximum atomic E-state index is 10.5. The normalized spacial score (nSPS) is 26.7. The number of ether oxygens (including phenoxy) is 3. The highest BCUT2D eigenvalue weighted by Crippen LogP contribution is 2.34. The predicted molar refractivity (Wildman–Crippen MR) is 123 cm³/mol. The molecule has 3 aromatic rings. The third-order valence-electron chi connectivity index (χ3n) is 6.00. The number of aliphatic imine (C=N–C) groups is 1. The van der Waals surface area contributed by atoms with Crippen molar-refractivity contribution >= 4 is 40.0 Å². The van der Waals surface area contributed by atoms with Crippen molar-refractivity contribution in [1.82, 2.24) is 4.57 Å². The number of hydrogen-bond acceptors (Lipinski definition) is 7. The fourth-order valence-corrected chi connectivity index (χ4v) is 4.57. The summed E-state index contributed by atoms with van der Waals surface area (Å²) in [5.74, 6) is 0.982. The van der Waals surface area contributed by atoms with Crippen molar-refractivity contribution < 1.29 is 29.5 Å². The molecule has 0 bridgehead atoms. The number of benzene rings is 2. The molecule has 1 saturated heterocycles. The standard InChI is InChI=1S/C23H22Cl2N2O6/c1-31-12-3-4-13-14(22-26-19-21(30)20(29)18(10-28)32-23(19)33-22)9-27(17(13)7-12)8-11-2-5-15(24)16(25)6-11/h2-7,9,18-21,23,28-30H,8,10H2,1H3/t18-,19-,20-,21-,23-/m1/s1. The lowest BCUT2D eigenvalue weighted by Gasteiger charge is -2.36. The van der Waals surface area contributed by atoms with Crippen molar-refractivity contribution in [2.45, 2.75) is 37.2 Å². The smallest absolute Gasteiger partial charge is 0.227 e. The second-order valence-electron chi connectivity index (χ2n) is 8.05. The molecule has 0 radical (unpaired) electrons. The van der Waals surface area contributed by atoms with E-state index in [0.29, 0.717) is 27.9 Å². The van der Waals surface area contributed by atoms with Crippen LogP contribution in [0, 0.1) is 0 Å². The summed E-state index contributed by atoms with van der Waals surface area (Å²) in [6, 6.07) is 10.3. The van der Waals surface area contributed by atoms with Crippen molar-refractivity contribution in [1.29, 1.82) is 0 Å². The summed E-state index contributed by atoms with van der Waals surface area (Å²) in [4.78, 5) is 4.51. The molecule has 10 heteroatoms. The molecule has 3 N–H and O–H groups in total. The van der Waals surface area contributed by atoms with Crippen molar-refractivity contribution in [3.63, 3.8) is 0 Å². The Kier molecular flexibility index (Phi) is 5.98. The van der Waals surface area contributed by atoms with Crippen LogP contribution >= 0.6 is 23.2 Å². The summed E-state index contributed by atoms with van der Waals surface area (Å²) in [6.07, 6.45) is -2.43. The van der Waals surface area contributed by atoms with Crippen LogP contribution in [0.15, 0.2) is 47.6 Å². The molecule has 2 aromatic carbocycles. The van der Waals surface area contributed by atoms with Gasteiger partial charge in [0, 0.05) is 24.2 Å². The maximum Gasteiger partial charge on any atom is 0.227 e. The highest BCUT2D eigenvalue weighted by Gasteiger charge is 2.49. The fraction of sp³-hybridized carbons (Fsp3) is 0.348. The molecule has 2 aliphatic heterocycles. The first-order chi connectivity index (χ1) is 15.9. The first-order valence-electron chi connectivity index (χ1n) is 10.4. The van der Waals surface area contributed by atoms with E-state index in [1.54, 1.807) is 13.2 Å². The van der Waals surface area contributed by atoms with E-state index >= 15 is 0 Å². The number of methoxy groups -OCH3 is 1. The monoisotopic (exact) mass is 492 g/mol. The molecule has 5 atom stereocenters. The number of aliphatic hydroxyl groups excluding tert-OH is 3. The minimum Gasteiger partial charge on any atom is -0.497 e. The lowest BCUT2D eigenvalue weighted by Crippen LogP contribution is -2.56. The summed E-state index contributed by atoms with van der Waals surface area (Å²) in [5, 5.41) is 31.9. The Morgan fingerprint density at radius 2 is 1.91 bits per heavy atom. The van der Waals surface area contributed by atoms with Gasteiger partial charge in [-0.3, -0.25) is 0 Å². The zero-order valence-electron chi connectivity index (χ0n) is 17.6. The first kappa shape index (κ1) is 22.5. The Labute approximate surface area is 199 Å². The molecule has 2 aliphatic rings. The van der Waals surface area contributed by atoms with E-state index < -0.39 is 37.3 Å². The highest BCUT2D eigenvalue weighted by molar-refractivity contribution is 6.42. The minimum atomic E-state index is -1.26. The third kappa shape index (κ3) is 3.97. The van der Waals surface area contributed by atoms with Crippen molar-refractivity contribution in [3.8, 4) is 5.75 Å². The molecule has 1 aromatic heterocycles. The second kappa shape index (κ2) is 8.79. The van der Waals surface area contributed by atoms with Gasteiger partial charge < -0.3 is 34.1 Å². The number of hydrogen-bond donors (Lipinski definition) is 3. The van der Waals surface area contributed by atoms with Gasteiger partial charge in [0.05, 0.1) is 34.8 Å². The van der Waals surface area contributed by atoms with Crippen LogP contribution in [0.4, 0.5) is 0 Å². The average molecular weight is 493 g/mol. The Morgan fingerprint density at radius 3 is 2.64 bits per heavy atom. The molecule has 8 nitrogen and oxygen atoms in total. The van der Waals surface area contributed by atoms with Crippen LogP contribution < -0.4 is 4.74 Å². The molecule has 1 fully saturated rings. The number of fused-ring (bicyclic) bond motifs is 2. The maximum absolute atomic E-state index is 10.5. The molecule has 0 amide bonds. The van der Waals surface area contributed by atoms with Crippen molar-refractivity contribution in [2.24, 2.45) is 4.99 Å². The number of aromatic nitrogens is 1. The molecule has 0 spiro atoms. The van der Waals surface area contributed by atoms with E-state index in [4.69, 9.17) is 37.4 Å². The van der Waals surface area contributed by atoms with E-state index in [9.17, 15) is 15.3 Å². The Balaban J connectivity index is 1.54. The Hall–Kier alpha value is -2.33. The molecule has 0 saturated carbocycles. The van der Waals surface area contributed by atoms with E-state index in [0.717, 1.165) is 16.5 Å². The zero-order valence-corrected chi connectivity index (χ0v) is 19.1. The molecular weight excluding hydrogens is 471 g/mol. The highest BCUT2D eigenvalue weighted by atomic mass is 35.5. The largest absolute Gasteiger partial charge is 0.497 e. The number of aliphatic hydroxyl groups is 3. The molecule has 174 valence electrons. The van der Waals surface area contributed by atoms with E-state index in [2.05, 4.69) is 4.99 Å². The topological polar surface area (TPSA) is 106 Å². The molecule has 33 heavy (non-hydrogen) atoms. The fourth-order valence-electron chi connectivity index (χ4n) is 4.25. The summed E-state index contributed by atoms with van der Waals surface area (Å²) in [6.45, 7) is 0.0635. The van der Waals surface area contributed by atoms with Gasteiger partial charge in [-0.15, -0.1) is 0 Å². The van der Waals surface area contributed by atoms with Gasteiger partial charge in [0.25, 0.3) is 0 Å². The van der Waals surface area contributed by atoms with Crippen LogP contribution in [0.2, 0.25) is 10.0 Å². The van der Waals surface area contributed by atoms with Crippen molar-refractivity contribution in [2.75, 3.05) is 13.7 Å². The lowest BCUT2D eigenvalue weighted by atomic mass is 9.98. The average Bonchev–Trinajstić information content (AvgIpc) is 3.40. The number of halogens is 2. The lowest BCUT2D eigenvalue weighted by molar-refractivity contribution is -0.234. The van der Waals surface area contributed by atoms with Crippen LogP contribution in [0.1, 0.15) is 11.1 Å². The van der Waals surface area contributed by atoms with Gasteiger partial charge in [-0.2, -0.15) is 0 Å². The quantitative estimate of drug-likeness (QED) is 0.505. The van der Waals surface area contributed by atoms with Crippen LogP contribution in [-0.2, 0) is 16.0 Å². The van der Waals surface area contributed by atoms with Crippen LogP contribution in [-0.4, -0.2) is 70.1 Å². The molecule has 0 aliphatic carbocycles. The minimum absolute atomic E-state index is 0.290. The van der Waals surface area contributed by atoms with Gasteiger partial charge in [0.15, 0.2) is 0 Å². The van der Waals surface area contributed by atoms with Crippen LogP contribution in [0.3, 0.4) is 0 Å². The SMILES string of the molecule is COc1ccc2c(C3=N[C@H]4[C@@H](O3)O[C@H](CO)[C@@H](O)[C@@H]4O)cn(Cc3ccc(Cl)c(Cl)c3)c2c1. The second-order valence-corrected chi connectivity index (χ2v) is 8.87. The van der Waals surface area contributed by atoms with Gasteiger partial charge in [-0.05, 0) is 29.8 Å². The Bertz CT molecular complexity index is 1230. The predicted octanol–water partition coefficient (Wildman–Crippen LogP) is 2.59. The third-order valence-corrected chi connectivity index (χ3v) is 6.74.